The highest BCUT2D eigenvalue weighted by Crippen LogP contribution is 2.26. The molecule has 0 unspecified atom stereocenters. The number of pyridine rings is 1. The SMILES string of the molecule is CC(C)(C)c1ccc(-c2ccc(OCCn3c(O)ccc3O)cn2)cc1. The van der Waals surface area contributed by atoms with Gasteiger partial charge in [0.1, 0.15) is 12.4 Å². The molecular weight excluding hydrogens is 328 g/mol. The Balaban J connectivity index is 1.61. The molecule has 136 valence electrons. The van der Waals surface area contributed by atoms with Gasteiger partial charge in [-0.1, -0.05) is 45.0 Å². The summed E-state index contributed by atoms with van der Waals surface area (Å²) < 4.78 is 7.01. The van der Waals surface area contributed by atoms with E-state index in [1.54, 1.807) is 6.20 Å². The molecule has 5 nitrogen and oxygen atoms in total. The molecule has 0 radical (unpaired) electrons. The second kappa shape index (κ2) is 7.12. The maximum atomic E-state index is 9.60. The van der Waals surface area contributed by atoms with Gasteiger partial charge in [-0.2, -0.15) is 0 Å². The summed E-state index contributed by atoms with van der Waals surface area (Å²) in [4.78, 5) is 4.46. The second-order valence-corrected chi connectivity index (χ2v) is 7.26. The van der Waals surface area contributed by atoms with Gasteiger partial charge in [0.05, 0.1) is 18.4 Å². The number of hydrogen-bond donors (Lipinski definition) is 2. The highest BCUT2D eigenvalue weighted by molar-refractivity contribution is 5.60. The Hall–Kier alpha value is -2.95. The average Bonchev–Trinajstić information content (AvgIpc) is 2.94. The lowest BCUT2D eigenvalue weighted by Crippen LogP contribution is -2.10. The van der Waals surface area contributed by atoms with Crippen LogP contribution in [0.5, 0.6) is 17.5 Å². The molecule has 1 aromatic carbocycles. The number of nitrogens with zero attached hydrogens (tertiary/aromatic N) is 2. The van der Waals surface area contributed by atoms with Crippen LogP contribution < -0.4 is 4.74 Å². The lowest BCUT2D eigenvalue weighted by atomic mass is 9.86. The third kappa shape index (κ3) is 3.99. The molecule has 5 heteroatoms. The van der Waals surface area contributed by atoms with Gasteiger partial charge in [-0.15, -0.1) is 0 Å². The van der Waals surface area contributed by atoms with Gasteiger partial charge in [0.15, 0.2) is 11.8 Å². The van der Waals surface area contributed by atoms with Crippen LogP contribution in [0, 0.1) is 0 Å². The molecule has 0 saturated heterocycles. The summed E-state index contributed by atoms with van der Waals surface area (Å²) in [6.45, 7) is 7.25. The van der Waals surface area contributed by atoms with Crippen LogP contribution >= 0.6 is 0 Å². The van der Waals surface area contributed by atoms with Gasteiger partial charge in [0.2, 0.25) is 0 Å². The summed E-state index contributed by atoms with van der Waals surface area (Å²) >= 11 is 0. The van der Waals surface area contributed by atoms with Crippen LogP contribution in [-0.4, -0.2) is 26.4 Å². The third-order valence-corrected chi connectivity index (χ3v) is 4.30. The van der Waals surface area contributed by atoms with Gasteiger partial charge in [0, 0.05) is 17.7 Å². The molecule has 2 aromatic heterocycles. The Morgan fingerprint density at radius 3 is 2.12 bits per heavy atom. The summed E-state index contributed by atoms with van der Waals surface area (Å²) in [6.07, 6.45) is 1.68. The fraction of sp³-hybridized carbons (Fsp3) is 0.286. The van der Waals surface area contributed by atoms with Crippen molar-refractivity contribution in [1.82, 2.24) is 9.55 Å². The van der Waals surface area contributed by atoms with Crippen molar-refractivity contribution in [3.05, 3.63) is 60.3 Å². The number of aromatic hydroxyl groups is 2. The van der Waals surface area contributed by atoms with Gasteiger partial charge in [0.25, 0.3) is 0 Å². The molecule has 3 aromatic rings. The first-order chi connectivity index (χ1) is 12.3. The van der Waals surface area contributed by atoms with Crippen LogP contribution in [0.1, 0.15) is 26.3 Å². The van der Waals surface area contributed by atoms with E-state index >= 15 is 0 Å². The number of ether oxygens (including phenoxy) is 1. The maximum absolute atomic E-state index is 9.60. The molecule has 26 heavy (non-hydrogen) atoms. The number of hydrogen-bond acceptors (Lipinski definition) is 4. The first-order valence-corrected chi connectivity index (χ1v) is 8.62. The molecular formula is C21H24N2O3. The van der Waals surface area contributed by atoms with Crippen molar-refractivity contribution in [3.8, 4) is 28.8 Å². The number of rotatable bonds is 5. The molecule has 0 saturated carbocycles. The van der Waals surface area contributed by atoms with E-state index < -0.39 is 0 Å². The van der Waals surface area contributed by atoms with E-state index in [0.717, 1.165) is 11.3 Å². The highest BCUT2D eigenvalue weighted by Gasteiger charge is 2.13. The van der Waals surface area contributed by atoms with E-state index in [1.165, 1.54) is 22.3 Å². The Morgan fingerprint density at radius 1 is 0.923 bits per heavy atom. The summed E-state index contributed by atoms with van der Waals surface area (Å²) in [5.41, 5.74) is 3.37. The van der Waals surface area contributed by atoms with Gasteiger partial charge >= 0.3 is 0 Å². The number of benzene rings is 1. The van der Waals surface area contributed by atoms with Gasteiger partial charge < -0.3 is 14.9 Å². The lowest BCUT2D eigenvalue weighted by molar-refractivity contribution is 0.274. The highest BCUT2D eigenvalue weighted by atomic mass is 16.5. The first kappa shape index (κ1) is 17.9. The lowest BCUT2D eigenvalue weighted by Gasteiger charge is -2.19. The Bertz CT molecular complexity index is 840. The minimum absolute atomic E-state index is 0.0123. The minimum Gasteiger partial charge on any atom is -0.494 e. The zero-order valence-electron chi connectivity index (χ0n) is 15.3. The molecule has 0 aliphatic rings. The molecule has 0 bridgehead atoms. The Morgan fingerprint density at radius 2 is 1.58 bits per heavy atom. The first-order valence-electron chi connectivity index (χ1n) is 8.62. The van der Waals surface area contributed by atoms with Crippen LogP contribution in [0.2, 0.25) is 0 Å². The third-order valence-electron chi connectivity index (χ3n) is 4.30. The number of aromatic nitrogens is 2. The summed E-state index contributed by atoms with van der Waals surface area (Å²) in [5.74, 6) is 0.669. The molecule has 0 aliphatic carbocycles. The monoisotopic (exact) mass is 352 g/mol. The Labute approximate surface area is 153 Å². The van der Waals surface area contributed by atoms with E-state index in [1.807, 2.05) is 12.1 Å². The topological polar surface area (TPSA) is 67.5 Å². The van der Waals surface area contributed by atoms with Crippen LogP contribution in [0.25, 0.3) is 11.3 Å². The van der Waals surface area contributed by atoms with Crippen molar-refractivity contribution in [1.29, 1.82) is 0 Å². The molecule has 0 fully saturated rings. The van der Waals surface area contributed by atoms with Crippen LogP contribution in [0.4, 0.5) is 0 Å². The predicted molar refractivity (Wildman–Crippen MR) is 102 cm³/mol. The van der Waals surface area contributed by atoms with Crippen LogP contribution in [0.15, 0.2) is 54.7 Å². The quantitative estimate of drug-likeness (QED) is 0.717. The molecule has 2 N–H and O–H groups in total. The van der Waals surface area contributed by atoms with Gasteiger partial charge in [-0.05, 0) is 23.1 Å². The minimum atomic E-state index is 0.0123. The molecule has 2 heterocycles. The largest absolute Gasteiger partial charge is 0.494 e. The van der Waals surface area contributed by atoms with Crippen molar-refractivity contribution in [3.63, 3.8) is 0 Å². The molecule has 0 atom stereocenters. The van der Waals surface area contributed by atoms with E-state index in [-0.39, 0.29) is 17.2 Å². The summed E-state index contributed by atoms with van der Waals surface area (Å²) in [5, 5.41) is 19.2. The zero-order valence-corrected chi connectivity index (χ0v) is 15.3. The van der Waals surface area contributed by atoms with Crippen molar-refractivity contribution in [2.45, 2.75) is 32.7 Å². The van der Waals surface area contributed by atoms with Crippen molar-refractivity contribution < 1.29 is 14.9 Å². The van der Waals surface area contributed by atoms with E-state index in [2.05, 4.69) is 50.0 Å². The second-order valence-electron chi connectivity index (χ2n) is 7.26. The molecule has 0 spiro atoms. The molecule has 3 rings (SSSR count). The van der Waals surface area contributed by atoms with Crippen molar-refractivity contribution in [2.75, 3.05) is 6.61 Å². The van der Waals surface area contributed by atoms with Gasteiger partial charge in [-0.25, -0.2) is 0 Å². The zero-order chi connectivity index (χ0) is 18.7. The standard InChI is InChI=1S/C21H24N2O3/c1-21(2,3)16-6-4-15(5-7-16)18-9-8-17(14-22-18)26-13-12-23-19(24)10-11-20(23)25/h4-11,14,24-25H,12-13H2,1-3H3. The molecule has 0 aliphatic heterocycles. The Kier molecular flexibility index (Phi) is 4.89. The normalized spacial score (nSPS) is 11.5. The van der Waals surface area contributed by atoms with Crippen LogP contribution in [-0.2, 0) is 12.0 Å². The summed E-state index contributed by atoms with van der Waals surface area (Å²) in [7, 11) is 0. The van der Waals surface area contributed by atoms with Crippen LogP contribution in [0.3, 0.4) is 0 Å². The average molecular weight is 352 g/mol. The predicted octanol–water partition coefficient (Wildman–Crippen LogP) is 4.34. The fourth-order valence-corrected chi connectivity index (χ4v) is 2.71. The smallest absolute Gasteiger partial charge is 0.193 e. The summed E-state index contributed by atoms with van der Waals surface area (Å²) in [6, 6.07) is 15.1. The maximum Gasteiger partial charge on any atom is 0.193 e. The van der Waals surface area contributed by atoms with Crippen molar-refractivity contribution in [2.24, 2.45) is 0 Å². The van der Waals surface area contributed by atoms with E-state index in [4.69, 9.17) is 4.74 Å². The fourth-order valence-electron chi connectivity index (χ4n) is 2.71. The van der Waals surface area contributed by atoms with E-state index in [0.29, 0.717) is 18.9 Å². The van der Waals surface area contributed by atoms with Gasteiger partial charge in [-0.3, -0.25) is 9.55 Å². The van der Waals surface area contributed by atoms with E-state index in [9.17, 15) is 10.2 Å². The van der Waals surface area contributed by atoms with Crippen molar-refractivity contribution >= 4 is 0 Å². The molecule has 0 amide bonds.